The van der Waals surface area contributed by atoms with Crippen molar-refractivity contribution < 1.29 is 14.6 Å². The first-order valence-electron chi connectivity index (χ1n) is 9.33. The molecule has 3 rings (SSSR count). The van der Waals surface area contributed by atoms with Crippen LogP contribution in [0.1, 0.15) is 35.3 Å². The fourth-order valence-electron chi connectivity index (χ4n) is 3.05. The number of nitrogens with one attached hydrogen (secondary N) is 2. The number of benzene rings is 2. The van der Waals surface area contributed by atoms with E-state index in [1.807, 2.05) is 18.2 Å². The van der Waals surface area contributed by atoms with Gasteiger partial charge < -0.3 is 20.5 Å². The average Bonchev–Trinajstić information content (AvgIpc) is 2.77. The fraction of sp³-hybridized carbons (Fsp3) is 0.227. The van der Waals surface area contributed by atoms with Crippen LogP contribution in [0.3, 0.4) is 0 Å². The number of rotatable bonds is 7. The summed E-state index contributed by atoms with van der Waals surface area (Å²) in [7, 11) is 3.12. The van der Waals surface area contributed by atoms with Crippen LogP contribution in [0.25, 0.3) is 11.3 Å². The lowest BCUT2D eigenvalue weighted by Gasteiger charge is -2.19. The first-order chi connectivity index (χ1) is 14.0. The van der Waals surface area contributed by atoms with Gasteiger partial charge in [-0.05, 0) is 42.3 Å². The molecule has 3 aromatic rings. The van der Waals surface area contributed by atoms with E-state index in [1.165, 1.54) is 7.11 Å². The van der Waals surface area contributed by atoms with Crippen molar-refractivity contribution in [3.8, 4) is 22.8 Å². The maximum Gasteiger partial charge on any atom is 0.251 e. The van der Waals surface area contributed by atoms with Crippen LogP contribution in [0.2, 0.25) is 0 Å². The van der Waals surface area contributed by atoms with Gasteiger partial charge in [0.25, 0.3) is 5.91 Å². The first kappa shape index (κ1) is 20.1. The van der Waals surface area contributed by atoms with E-state index < -0.39 is 0 Å². The van der Waals surface area contributed by atoms with Crippen LogP contribution in [0, 0.1) is 0 Å². The Morgan fingerprint density at radius 2 is 2.03 bits per heavy atom. The summed E-state index contributed by atoms with van der Waals surface area (Å²) in [6.45, 7) is 2.06. The number of phenolic OH excluding ortho intramolecular Hbond substituents is 1. The molecule has 0 aliphatic carbocycles. The Bertz CT molecular complexity index is 1010. The third kappa shape index (κ3) is 4.63. The summed E-state index contributed by atoms with van der Waals surface area (Å²) in [6, 6.07) is 12.5. The van der Waals surface area contributed by atoms with Crippen LogP contribution < -0.4 is 15.4 Å². The van der Waals surface area contributed by atoms with E-state index in [1.54, 1.807) is 43.7 Å². The van der Waals surface area contributed by atoms with Gasteiger partial charge >= 0.3 is 0 Å². The zero-order valence-corrected chi connectivity index (χ0v) is 16.6. The minimum atomic E-state index is -0.121. The Morgan fingerprint density at radius 1 is 1.21 bits per heavy atom. The maximum absolute atomic E-state index is 11.9. The van der Waals surface area contributed by atoms with Crippen molar-refractivity contribution in [3.63, 3.8) is 0 Å². The largest absolute Gasteiger partial charge is 0.504 e. The Morgan fingerprint density at radius 3 is 2.76 bits per heavy atom. The molecule has 0 saturated heterocycles. The summed E-state index contributed by atoms with van der Waals surface area (Å²) >= 11 is 0. The average molecular weight is 392 g/mol. The van der Waals surface area contributed by atoms with E-state index >= 15 is 0 Å². The van der Waals surface area contributed by atoms with Crippen LogP contribution >= 0.6 is 0 Å². The molecular weight excluding hydrogens is 368 g/mol. The molecule has 29 heavy (non-hydrogen) atoms. The number of nitrogens with zero attached hydrogens (tertiary/aromatic N) is 2. The smallest absolute Gasteiger partial charge is 0.251 e. The van der Waals surface area contributed by atoms with E-state index in [-0.39, 0.29) is 17.7 Å². The van der Waals surface area contributed by atoms with Crippen molar-refractivity contribution in [2.24, 2.45) is 0 Å². The van der Waals surface area contributed by atoms with Gasteiger partial charge in [0.05, 0.1) is 31.2 Å². The molecule has 1 atom stereocenters. The van der Waals surface area contributed by atoms with E-state index in [2.05, 4.69) is 27.5 Å². The standard InChI is InChI=1S/C22H24N4O3/c1-4-17(14-6-5-7-16(10-14)22(28)23-2)25-21-13-24-12-18(26-21)15-8-9-19(27)20(11-15)29-3/h5-13,17,27H,4H2,1-3H3,(H,23,28)(H,25,26). The number of aromatic nitrogens is 2. The lowest BCUT2D eigenvalue weighted by molar-refractivity contribution is 0.0963. The van der Waals surface area contributed by atoms with Crippen molar-refractivity contribution in [3.05, 3.63) is 66.0 Å². The van der Waals surface area contributed by atoms with Gasteiger partial charge in [-0.1, -0.05) is 19.1 Å². The number of amides is 1. The second kappa shape index (κ2) is 9.05. The number of ether oxygens (including phenoxy) is 1. The highest BCUT2D eigenvalue weighted by Crippen LogP contribution is 2.31. The summed E-state index contributed by atoms with van der Waals surface area (Å²) < 4.78 is 5.17. The van der Waals surface area contributed by atoms with Crippen LogP contribution in [0.5, 0.6) is 11.5 Å². The van der Waals surface area contributed by atoms with Crippen LogP contribution in [0.15, 0.2) is 54.9 Å². The van der Waals surface area contributed by atoms with Crippen molar-refractivity contribution in [1.82, 2.24) is 15.3 Å². The van der Waals surface area contributed by atoms with Gasteiger partial charge in [-0.2, -0.15) is 0 Å². The number of methoxy groups -OCH3 is 1. The monoisotopic (exact) mass is 392 g/mol. The predicted molar refractivity (Wildman–Crippen MR) is 112 cm³/mol. The molecule has 0 spiro atoms. The van der Waals surface area contributed by atoms with Crippen molar-refractivity contribution in [2.75, 3.05) is 19.5 Å². The summed E-state index contributed by atoms with van der Waals surface area (Å²) in [4.78, 5) is 20.9. The van der Waals surface area contributed by atoms with E-state index in [0.717, 1.165) is 17.5 Å². The van der Waals surface area contributed by atoms with Crippen LogP contribution in [-0.2, 0) is 0 Å². The SMILES string of the molecule is CCC(Nc1cncc(-c2ccc(O)c(OC)c2)n1)c1cccc(C(=O)NC)c1. The molecule has 150 valence electrons. The van der Waals surface area contributed by atoms with Crippen LogP contribution in [0.4, 0.5) is 5.82 Å². The van der Waals surface area contributed by atoms with Gasteiger partial charge in [0, 0.05) is 18.2 Å². The zero-order chi connectivity index (χ0) is 20.8. The number of hydrogen-bond acceptors (Lipinski definition) is 6. The first-order valence-corrected chi connectivity index (χ1v) is 9.33. The second-order valence-electron chi connectivity index (χ2n) is 6.49. The minimum Gasteiger partial charge on any atom is -0.504 e. The minimum absolute atomic E-state index is 0.0292. The Balaban J connectivity index is 1.86. The molecule has 3 N–H and O–H groups in total. The van der Waals surface area contributed by atoms with Crippen molar-refractivity contribution >= 4 is 11.7 Å². The molecule has 1 heterocycles. The van der Waals surface area contributed by atoms with Gasteiger partial charge in [-0.15, -0.1) is 0 Å². The molecule has 0 aliphatic heterocycles. The van der Waals surface area contributed by atoms with Gasteiger partial charge in [-0.3, -0.25) is 9.78 Å². The highest BCUT2D eigenvalue weighted by atomic mass is 16.5. The topological polar surface area (TPSA) is 96.4 Å². The summed E-state index contributed by atoms with van der Waals surface area (Å²) in [5.74, 6) is 0.942. The number of carbonyl (C=O) groups excluding carboxylic acids is 1. The lowest BCUT2D eigenvalue weighted by atomic mass is 10.0. The highest BCUT2D eigenvalue weighted by Gasteiger charge is 2.14. The normalized spacial score (nSPS) is 11.6. The molecule has 1 aromatic heterocycles. The Hall–Kier alpha value is -3.61. The highest BCUT2D eigenvalue weighted by molar-refractivity contribution is 5.94. The molecule has 1 amide bonds. The summed E-state index contributed by atoms with van der Waals surface area (Å²) in [6.07, 6.45) is 4.12. The third-order valence-corrected chi connectivity index (χ3v) is 4.62. The Labute approximate surface area is 169 Å². The van der Waals surface area contributed by atoms with Crippen molar-refractivity contribution in [1.29, 1.82) is 0 Å². The molecule has 0 saturated carbocycles. The zero-order valence-electron chi connectivity index (χ0n) is 16.6. The molecular formula is C22H24N4O3. The van der Waals surface area contributed by atoms with E-state index in [9.17, 15) is 9.90 Å². The Kier molecular flexibility index (Phi) is 6.29. The fourth-order valence-corrected chi connectivity index (χ4v) is 3.05. The summed E-state index contributed by atoms with van der Waals surface area (Å²) in [5, 5.41) is 15.8. The third-order valence-electron chi connectivity index (χ3n) is 4.62. The lowest BCUT2D eigenvalue weighted by Crippen LogP contribution is -2.18. The number of aromatic hydroxyl groups is 1. The number of carbonyl (C=O) groups is 1. The molecule has 7 nitrogen and oxygen atoms in total. The molecule has 7 heteroatoms. The number of anilines is 1. The molecule has 0 radical (unpaired) electrons. The second-order valence-corrected chi connectivity index (χ2v) is 6.49. The number of phenols is 1. The van der Waals surface area contributed by atoms with E-state index in [0.29, 0.717) is 22.8 Å². The van der Waals surface area contributed by atoms with Gasteiger partial charge in [0.1, 0.15) is 5.82 Å². The predicted octanol–water partition coefficient (Wildman–Crippen LogP) is 3.78. The number of hydrogen-bond donors (Lipinski definition) is 3. The maximum atomic E-state index is 11.9. The van der Waals surface area contributed by atoms with Crippen molar-refractivity contribution in [2.45, 2.75) is 19.4 Å². The van der Waals surface area contributed by atoms with E-state index in [4.69, 9.17) is 4.74 Å². The van der Waals surface area contributed by atoms with Crippen LogP contribution in [-0.4, -0.2) is 35.1 Å². The molecule has 0 fully saturated rings. The molecule has 2 aromatic carbocycles. The van der Waals surface area contributed by atoms with Gasteiger partial charge in [0.15, 0.2) is 11.5 Å². The molecule has 0 aliphatic rings. The van der Waals surface area contributed by atoms with Gasteiger partial charge in [0.2, 0.25) is 0 Å². The summed E-state index contributed by atoms with van der Waals surface area (Å²) in [5.41, 5.74) is 3.04. The molecule has 1 unspecified atom stereocenters. The quantitative estimate of drug-likeness (QED) is 0.566. The molecule has 0 bridgehead atoms. The van der Waals surface area contributed by atoms with Gasteiger partial charge in [-0.25, -0.2) is 4.98 Å².